The SMILES string of the molecule is CC(C)[C@H](NC(=O)[C@@H]1O[C@@H]2OC(C)(C)O[C@@H]2[C@H]2OC(C)(C)O[C@H]21)C(=O)[O-]. The van der Waals surface area contributed by atoms with Gasteiger partial charge in [-0.2, -0.15) is 0 Å². The van der Waals surface area contributed by atoms with Crippen LogP contribution in [0.15, 0.2) is 0 Å². The van der Waals surface area contributed by atoms with E-state index in [0.29, 0.717) is 0 Å². The topological polar surface area (TPSA) is 115 Å². The van der Waals surface area contributed by atoms with E-state index in [1.165, 1.54) is 0 Å². The highest BCUT2D eigenvalue weighted by atomic mass is 16.9. The van der Waals surface area contributed by atoms with E-state index < -0.39 is 60.2 Å². The smallest absolute Gasteiger partial charge is 0.252 e. The van der Waals surface area contributed by atoms with Gasteiger partial charge in [-0.25, -0.2) is 0 Å². The number of carbonyl (C=O) groups is 2. The maximum atomic E-state index is 12.8. The van der Waals surface area contributed by atoms with Gasteiger partial charge in [0.25, 0.3) is 5.91 Å². The van der Waals surface area contributed by atoms with Crippen molar-refractivity contribution in [3.63, 3.8) is 0 Å². The van der Waals surface area contributed by atoms with Crippen LogP contribution >= 0.6 is 0 Å². The molecule has 3 aliphatic rings. The van der Waals surface area contributed by atoms with Crippen molar-refractivity contribution in [1.29, 1.82) is 0 Å². The molecule has 3 heterocycles. The minimum Gasteiger partial charge on any atom is -0.548 e. The minimum atomic E-state index is -1.36. The maximum Gasteiger partial charge on any atom is 0.252 e. The zero-order valence-electron chi connectivity index (χ0n) is 15.8. The summed E-state index contributed by atoms with van der Waals surface area (Å²) in [6, 6.07) is -1.14. The molecule has 3 fully saturated rings. The third-order valence-electron chi connectivity index (χ3n) is 4.63. The molecule has 0 aromatic heterocycles. The number of nitrogens with one attached hydrogen (secondary N) is 1. The predicted molar refractivity (Wildman–Crippen MR) is 84.3 cm³/mol. The molecule has 3 aliphatic heterocycles. The molecule has 9 nitrogen and oxygen atoms in total. The Labute approximate surface area is 152 Å². The lowest BCUT2D eigenvalue weighted by molar-refractivity contribution is -0.309. The van der Waals surface area contributed by atoms with Crippen LogP contribution in [0.25, 0.3) is 0 Å². The highest BCUT2D eigenvalue weighted by Gasteiger charge is 2.62. The number of carboxylic acid groups (broad SMARTS) is 1. The number of carboxylic acids is 1. The molecule has 9 heteroatoms. The molecule has 1 amide bonds. The third kappa shape index (κ3) is 3.59. The fourth-order valence-electron chi connectivity index (χ4n) is 3.56. The Balaban J connectivity index is 1.82. The van der Waals surface area contributed by atoms with Gasteiger partial charge < -0.3 is 38.9 Å². The maximum absolute atomic E-state index is 12.8. The molecule has 3 saturated heterocycles. The van der Waals surface area contributed by atoms with E-state index in [1.54, 1.807) is 41.5 Å². The first-order valence-electron chi connectivity index (χ1n) is 8.78. The Morgan fingerprint density at radius 2 is 1.46 bits per heavy atom. The van der Waals surface area contributed by atoms with Crippen molar-refractivity contribution in [3.05, 3.63) is 0 Å². The number of amides is 1. The number of hydrogen-bond donors (Lipinski definition) is 1. The van der Waals surface area contributed by atoms with Crippen LogP contribution in [-0.2, 0) is 33.3 Å². The zero-order valence-corrected chi connectivity index (χ0v) is 15.8. The molecule has 0 unspecified atom stereocenters. The van der Waals surface area contributed by atoms with E-state index in [2.05, 4.69) is 5.32 Å². The number of fused-ring (bicyclic) bond motifs is 3. The van der Waals surface area contributed by atoms with Crippen LogP contribution in [0.3, 0.4) is 0 Å². The number of hydrogen-bond acceptors (Lipinski definition) is 8. The van der Waals surface area contributed by atoms with Crippen molar-refractivity contribution in [2.75, 3.05) is 0 Å². The second kappa shape index (κ2) is 6.42. The van der Waals surface area contributed by atoms with Gasteiger partial charge in [-0.15, -0.1) is 0 Å². The molecule has 0 aliphatic carbocycles. The molecular weight excluding hydrogens is 346 g/mol. The molecule has 3 rings (SSSR count). The van der Waals surface area contributed by atoms with Crippen LogP contribution < -0.4 is 10.4 Å². The van der Waals surface area contributed by atoms with Gasteiger partial charge in [0.15, 0.2) is 24.0 Å². The summed E-state index contributed by atoms with van der Waals surface area (Å²) in [5.74, 6) is -4.15. The largest absolute Gasteiger partial charge is 0.548 e. The summed E-state index contributed by atoms with van der Waals surface area (Å²) in [6.45, 7) is 10.3. The minimum absolute atomic E-state index is 0.349. The van der Waals surface area contributed by atoms with E-state index >= 15 is 0 Å². The van der Waals surface area contributed by atoms with Crippen LogP contribution in [0, 0.1) is 5.92 Å². The second-order valence-corrected chi connectivity index (χ2v) is 8.14. The van der Waals surface area contributed by atoms with Crippen LogP contribution in [0.1, 0.15) is 41.5 Å². The Kier molecular flexibility index (Phi) is 4.81. The van der Waals surface area contributed by atoms with Gasteiger partial charge in [0.05, 0.1) is 12.0 Å². The summed E-state index contributed by atoms with van der Waals surface area (Å²) in [6.07, 6.45) is -3.80. The molecule has 0 radical (unpaired) electrons. The molecule has 0 aromatic carbocycles. The Hall–Kier alpha value is -1.26. The highest BCUT2D eigenvalue weighted by molar-refractivity contribution is 5.86. The Bertz CT molecular complexity index is 589. The average Bonchev–Trinajstić information content (AvgIpc) is 2.96. The summed E-state index contributed by atoms with van der Waals surface area (Å²) in [5.41, 5.74) is 0. The van der Waals surface area contributed by atoms with E-state index in [0.717, 1.165) is 0 Å². The van der Waals surface area contributed by atoms with Crippen molar-refractivity contribution in [2.24, 2.45) is 5.92 Å². The molecule has 0 aromatic rings. The lowest BCUT2D eigenvalue weighted by Crippen LogP contribution is -2.62. The van der Waals surface area contributed by atoms with Gasteiger partial charge in [0.2, 0.25) is 0 Å². The molecular formula is C17H26NO8-. The van der Waals surface area contributed by atoms with Crippen molar-refractivity contribution in [2.45, 2.75) is 89.9 Å². The van der Waals surface area contributed by atoms with E-state index in [-0.39, 0.29) is 5.92 Å². The third-order valence-corrected chi connectivity index (χ3v) is 4.63. The zero-order chi connectivity index (χ0) is 19.4. The number of carbonyl (C=O) groups excluding carboxylic acids is 2. The number of ether oxygens (including phenoxy) is 5. The molecule has 148 valence electrons. The first-order chi connectivity index (χ1) is 11.9. The fraction of sp³-hybridized carbons (Fsp3) is 0.882. The Morgan fingerprint density at radius 3 is 2.04 bits per heavy atom. The highest BCUT2D eigenvalue weighted by Crippen LogP contribution is 2.44. The van der Waals surface area contributed by atoms with Crippen molar-refractivity contribution in [3.8, 4) is 0 Å². The normalized spacial score (nSPS) is 38.5. The summed E-state index contributed by atoms with van der Waals surface area (Å²) >= 11 is 0. The van der Waals surface area contributed by atoms with E-state index in [4.69, 9.17) is 23.7 Å². The molecule has 0 spiro atoms. The van der Waals surface area contributed by atoms with Gasteiger partial charge in [-0.1, -0.05) is 13.8 Å². The van der Waals surface area contributed by atoms with Crippen molar-refractivity contribution >= 4 is 11.9 Å². The van der Waals surface area contributed by atoms with Gasteiger partial charge in [0, 0.05) is 0 Å². The van der Waals surface area contributed by atoms with Gasteiger partial charge >= 0.3 is 0 Å². The summed E-state index contributed by atoms with van der Waals surface area (Å²) in [4.78, 5) is 24.1. The van der Waals surface area contributed by atoms with Gasteiger partial charge in [0.1, 0.15) is 18.3 Å². The number of rotatable bonds is 4. The van der Waals surface area contributed by atoms with Crippen molar-refractivity contribution in [1.82, 2.24) is 5.32 Å². The molecule has 6 atom stereocenters. The monoisotopic (exact) mass is 372 g/mol. The second-order valence-electron chi connectivity index (χ2n) is 8.14. The first-order valence-corrected chi connectivity index (χ1v) is 8.78. The van der Waals surface area contributed by atoms with Crippen LogP contribution in [0.5, 0.6) is 0 Å². The standard InChI is InChI=1S/C17H27NO8/c1-7(2)8(14(20)21)18-13(19)11-9-10(24-16(3,4)23-9)12-15(22-11)26-17(5,6)25-12/h7-12,15H,1-6H3,(H,18,19)(H,20,21)/p-1/t8-,9+,10-,11+,12+,15+/m0/s1. The molecule has 1 N–H and O–H groups in total. The summed E-state index contributed by atoms with van der Waals surface area (Å²) < 4.78 is 29.2. The predicted octanol–water partition coefficient (Wildman–Crippen LogP) is -0.726. The van der Waals surface area contributed by atoms with Crippen LogP contribution in [-0.4, -0.2) is 60.2 Å². The Morgan fingerprint density at radius 1 is 0.923 bits per heavy atom. The number of aliphatic carboxylic acids is 1. The van der Waals surface area contributed by atoms with E-state index in [1.807, 2.05) is 0 Å². The van der Waals surface area contributed by atoms with Gasteiger partial charge in [-0.3, -0.25) is 4.79 Å². The summed E-state index contributed by atoms with van der Waals surface area (Å²) in [5, 5.41) is 13.8. The van der Waals surface area contributed by atoms with Crippen LogP contribution in [0.4, 0.5) is 0 Å². The average molecular weight is 372 g/mol. The van der Waals surface area contributed by atoms with E-state index in [9.17, 15) is 14.7 Å². The lowest BCUT2D eigenvalue weighted by atomic mass is 9.97. The molecule has 26 heavy (non-hydrogen) atoms. The quantitative estimate of drug-likeness (QED) is 0.687. The molecule has 0 bridgehead atoms. The first kappa shape index (κ1) is 19.5. The summed E-state index contributed by atoms with van der Waals surface area (Å²) in [7, 11) is 0. The van der Waals surface area contributed by atoms with Crippen LogP contribution in [0.2, 0.25) is 0 Å². The van der Waals surface area contributed by atoms with Gasteiger partial charge in [-0.05, 0) is 33.6 Å². The fourth-order valence-corrected chi connectivity index (χ4v) is 3.56. The molecule has 0 saturated carbocycles. The lowest BCUT2D eigenvalue weighted by Gasteiger charge is -2.37. The van der Waals surface area contributed by atoms with Crippen molar-refractivity contribution < 1.29 is 38.4 Å².